The first-order valence-electron chi connectivity index (χ1n) is 9.01. The van der Waals surface area contributed by atoms with Crippen molar-refractivity contribution in [1.29, 1.82) is 0 Å². The molecule has 1 aromatic heterocycles. The molecule has 0 radical (unpaired) electrons. The molecule has 0 bridgehead atoms. The normalized spacial score (nSPS) is 11.9. The predicted octanol–water partition coefficient (Wildman–Crippen LogP) is 4.68. The summed E-state index contributed by atoms with van der Waals surface area (Å²) in [5.41, 5.74) is 3.08. The Bertz CT molecular complexity index is 1010. The van der Waals surface area contributed by atoms with Crippen LogP contribution >= 0.6 is 0 Å². The highest BCUT2D eigenvalue weighted by Gasteiger charge is 2.17. The SMILES string of the molecule is O=C(Cc1ccc2ccccc2c1)N[C@H](c1ccccc1)c1ccncc1. The van der Waals surface area contributed by atoms with Gasteiger partial charge in [-0.25, -0.2) is 0 Å². The zero-order chi connectivity index (χ0) is 18.5. The number of rotatable bonds is 5. The van der Waals surface area contributed by atoms with Gasteiger partial charge in [-0.15, -0.1) is 0 Å². The molecule has 1 heterocycles. The van der Waals surface area contributed by atoms with Crippen molar-refractivity contribution in [2.45, 2.75) is 12.5 Å². The summed E-state index contributed by atoms with van der Waals surface area (Å²) in [5, 5.41) is 5.51. The number of carbonyl (C=O) groups excluding carboxylic acids is 1. The number of nitrogens with one attached hydrogen (secondary N) is 1. The van der Waals surface area contributed by atoms with E-state index in [1.54, 1.807) is 12.4 Å². The molecule has 0 saturated carbocycles. The summed E-state index contributed by atoms with van der Waals surface area (Å²) in [6.07, 6.45) is 3.85. The van der Waals surface area contributed by atoms with E-state index in [-0.39, 0.29) is 11.9 Å². The van der Waals surface area contributed by atoms with Gasteiger partial charge in [0.1, 0.15) is 0 Å². The monoisotopic (exact) mass is 352 g/mol. The van der Waals surface area contributed by atoms with E-state index in [4.69, 9.17) is 0 Å². The molecule has 1 amide bonds. The first-order valence-corrected chi connectivity index (χ1v) is 9.01. The van der Waals surface area contributed by atoms with Gasteiger partial charge < -0.3 is 5.32 Å². The molecule has 4 aromatic rings. The van der Waals surface area contributed by atoms with E-state index < -0.39 is 0 Å². The standard InChI is InChI=1S/C24H20N2O/c27-23(17-18-10-11-19-6-4-5-9-22(19)16-18)26-24(20-7-2-1-3-8-20)21-12-14-25-15-13-21/h1-16,24H,17H2,(H,26,27)/t24-/m1/s1. The number of hydrogen-bond acceptors (Lipinski definition) is 2. The fourth-order valence-corrected chi connectivity index (χ4v) is 3.31. The molecule has 0 aliphatic rings. The van der Waals surface area contributed by atoms with Gasteiger partial charge in [-0.1, -0.05) is 72.8 Å². The minimum Gasteiger partial charge on any atom is -0.345 e. The highest BCUT2D eigenvalue weighted by molar-refractivity contribution is 5.85. The summed E-state index contributed by atoms with van der Waals surface area (Å²) in [7, 11) is 0. The van der Waals surface area contributed by atoms with Crippen molar-refractivity contribution >= 4 is 16.7 Å². The summed E-state index contributed by atoms with van der Waals surface area (Å²) < 4.78 is 0. The van der Waals surface area contributed by atoms with Crippen LogP contribution < -0.4 is 5.32 Å². The van der Waals surface area contributed by atoms with E-state index in [0.29, 0.717) is 6.42 Å². The number of amides is 1. The van der Waals surface area contributed by atoms with Crippen LogP contribution in [0.25, 0.3) is 10.8 Å². The second-order valence-corrected chi connectivity index (χ2v) is 6.55. The van der Waals surface area contributed by atoms with Crippen molar-refractivity contribution in [2.75, 3.05) is 0 Å². The lowest BCUT2D eigenvalue weighted by molar-refractivity contribution is -0.120. The van der Waals surface area contributed by atoms with Crippen LogP contribution in [-0.4, -0.2) is 10.9 Å². The molecule has 0 fully saturated rings. The van der Waals surface area contributed by atoms with Gasteiger partial charge in [0, 0.05) is 12.4 Å². The summed E-state index contributed by atoms with van der Waals surface area (Å²) in [4.78, 5) is 16.9. The molecule has 0 aliphatic carbocycles. The minimum atomic E-state index is -0.192. The van der Waals surface area contributed by atoms with Crippen LogP contribution in [0.5, 0.6) is 0 Å². The molecular formula is C24H20N2O. The van der Waals surface area contributed by atoms with Crippen LogP contribution in [-0.2, 0) is 11.2 Å². The Morgan fingerprint density at radius 3 is 2.22 bits per heavy atom. The van der Waals surface area contributed by atoms with Crippen molar-refractivity contribution in [1.82, 2.24) is 10.3 Å². The summed E-state index contributed by atoms with van der Waals surface area (Å²) in [6, 6.07) is 28.0. The van der Waals surface area contributed by atoms with Gasteiger partial charge in [-0.3, -0.25) is 9.78 Å². The molecule has 3 heteroatoms. The van der Waals surface area contributed by atoms with Crippen LogP contribution in [0.3, 0.4) is 0 Å². The van der Waals surface area contributed by atoms with E-state index in [1.807, 2.05) is 60.7 Å². The van der Waals surface area contributed by atoms with Crippen LogP contribution in [0.4, 0.5) is 0 Å². The number of benzene rings is 3. The molecule has 1 N–H and O–H groups in total. The minimum absolute atomic E-state index is 0.00375. The maximum atomic E-state index is 12.8. The van der Waals surface area contributed by atoms with Gasteiger partial charge in [0.15, 0.2) is 0 Å². The van der Waals surface area contributed by atoms with Gasteiger partial charge in [0.2, 0.25) is 5.91 Å². The van der Waals surface area contributed by atoms with Crippen LogP contribution in [0.1, 0.15) is 22.7 Å². The summed E-state index contributed by atoms with van der Waals surface area (Å²) in [6.45, 7) is 0. The lowest BCUT2D eigenvalue weighted by Gasteiger charge is -2.20. The third-order valence-corrected chi connectivity index (χ3v) is 4.66. The number of pyridine rings is 1. The Morgan fingerprint density at radius 2 is 1.44 bits per heavy atom. The maximum Gasteiger partial charge on any atom is 0.225 e. The highest BCUT2D eigenvalue weighted by Crippen LogP contribution is 2.22. The van der Waals surface area contributed by atoms with E-state index in [2.05, 4.69) is 34.6 Å². The van der Waals surface area contributed by atoms with Gasteiger partial charge in [-0.05, 0) is 39.6 Å². The number of hydrogen-bond donors (Lipinski definition) is 1. The number of carbonyl (C=O) groups is 1. The second-order valence-electron chi connectivity index (χ2n) is 6.55. The molecular weight excluding hydrogens is 332 g/mol. The third kappa shape index (κ3) is 4.04. The van der Waals surface area contributed by atoms with Gasteiger partial charge in [0.25, 0.3) is 0 Å². The van der Waals surface area contributed by atoms with Crippen molar-refractivity contribution in [3.05, 3.63) is 114 Å². The summed E-state index contributed by atoms with van der Waals surface area (Å²) >= 11 is 0. The summed E-state index contributed by atoms with van der Waals surface area (Å²) in [5.74, 6) is -0.00375. The zero-order valence-corrected chi connectivity index (χ0v) is 14.9. The molecule has 3 nitrogen and oxygen atoms in total. The van der Waals surface area contributed by atoms with E-state index in [0.717, 1.165) is 22.1 Å². The topological polar surface area (TPSA) is 42.0 Å². The lowest BCUT2D eigenvalue weighted by atomic mass is 9.99. The number of nitrogens with zero attached hydrogens (tertiary/aromatic N) is 1. The average molecular weight is 352 g/mol. The molecule has 3 aromatic carbocycles. The molecule has 132 valence electrons. The quantitative estimate of drug-likeness (QED) is 0.566. The predicted molar refractivity (Wildman–Crippen MR) is 108 cm³/mol. The van der Waals surface area contributed by atoms with Gasteiger partial charge >= 0.3 is 0 Å². The van der Waals surface area contributed by atoms with Crippen LogP contribution in [0.2, 0.25) is 0 Å². The van der Waals surface area contributed by atoms with Gasteiger partial charge in [-0.2, -0.15) is 0 Å². The number of fused-ring (bicyclic) bond motifs is 1. The van der Waals surface area contributed by atoms with Crippen LogP contribution in [0, 0.1) is 0 Å². The molecule has 0 spiro atoms. The fraction of sp³-hybridized carbons (Fsp3) is 0.0833. The largest absolute Gasteiger partial charge is 0.345 e. The van der Waals surface area contributed by atoms with E-state index >= 15 is 0 Å². The Kier molecular flexibility index (Phi) is 4.93. The van der Waals surface area contributed by atoms with Gasteiger partial charge in [0.05, 0.1) is 12.5 Å². The van der Waals surface area contributed by atoms with Crippen molar-refractivity contribution in [3.63, 3.8) is 0 Å². The second kappa shape index (κ2) is 7.83. The smallest absolute Gasteiger partial charge is 0.225 e. The fourth-order valence-electron chi connectivity index (χ4n) is 3.31. The molecule has 0 unspecified atom stereocenters. The van der Waals surface area contributed by atoms with E-state index in [9.17, 15) is 4.79 Å². The molecule has 0 aliphatic heterocycles. The Hall–Kier alpha value is -3.46. The van der Waals surface area contributed by atoms with E-state index in [1.165, 1.54) is 5.39 Å². The molecule has 1 atom stereocenters. The zero-order valence-electron chi connectivity index (χ0n) is 14.9. The first kappa shape index (κ1) is 17.0. The Labute approximate surface area is 158 Å². The van der Waals surface area contributed by atoms with Crippen LogP contribution in [0.15, 0.2) is 97.3 Å². The molecule has 27 heavy (non-hydrogen) atoms. The number of aromatic nitrogens is 1. The van der Waals surface area contributed by atoms with Crippen molar-refractivity contribution in [2.24, 2.45) is 0 Å². The molecule has 0 saturated heterocycles. The lowest BCUT2D eigenvalue weighted by Crippen LogP contribution is -2.30. The maximum absolute atomic E-state index is 12.8. The highest BCUT2D eigenvalue weighted by atomic mass is 16.1. The Balaban J connectivity index is 1.56. The average Bonchev–Trinajstić information content (AvgIpc) is 2.73. The molecule has 4 rings (SSSR count). The third-order valence-electron chi connectivity index (χ3n) is 4.66. The first-order chi connectivity index (χ1) is 13.3. The Morgan fingerprint density at radius 1 is 0.778 bits per heavy atom. The van der Waals surface area contributed by atoms with Crippen molar-refractivity contribution in [3.8, 4) is 0 Å². The van der Waals surface area contributed by atoms with Crippen molar-refractivity contribution < 1.29 is 4.79 Å².